The van der Waals surface area contributed by atoms with Gasteiger partial charge in [-0.15, -0.1) is 0 Å². The van der Waals surface area contributed by atoms with Crippen LogP contribution in [0.15, 0.2) is 103 Å². The predicted octanol–water partition coefficient (Wildman–Crippen LogP) is 19.6. The van der Waals surface area contributed by atoms with Gasteiger partial charge in [0.05, 0.1) is 6.10 Å². The summed E-state index contributed by atoms with van der Waals surface area (Å²) in [5.74, 6) is 8.36. The van der Waals surface area contributed by atoms with Crippen LogP contribution >= 0.6 is 0 Å². The van der Waals surface area contributed by atoms with Crippen molar-refractivity contribution in [2.75, 3.05) is 46.4 Å². The third kappa shape index (κ3) is 34.1. The number of nitrogens with zero attached hydrogens (tertiary/aromatic N) is 2. The summed E-state index contributed by atoms with van der Waals surface area (Å²) in [5.41, 5.74) is 2.83. The van der Waals surface area contributed by atoms with E-state index in [2.05, 4.69) is 167 Å². The average Bonchev–Trinajstić information content (AvgIpc) is 3.41. The maximum Gasteiger partial charge on any atom is 0.132 e. The topological polar surface area (TPSA) is 42.0 Å². The molecule has 4 aliphatic rings. The molecule has 5 nitrogen and oxygen atoms in total. The first-order chi connectivity index (χ1) is 35.6. The van der Waals surface area contributed by atoms with E-state index in [1.807, 2.05) is 64.1 Å². The van der Waals surface area contributed by atoms with Crippen LogP contribution in [0.1, 0.15) is 218 Å². The van der Waals surface area contributed by atoms with Crippen LogP contribution in [0.25, 0.3) is 10.8 Å². The van der Waals surface area contributed by atoms with E-state index in [-0.39, 0.29) is 17.8 Å². The van der Waals surface area contributed by atoms with Gasteiger partial charge in [-0.25, -0.2) is 0 Å². The van der Waals surface area contributed by atoms with Crippen LogP contribution in [0.5, 0.6) is 5.75 Å². The van der Waals surface area contributed by atoms with Crippen LogP contribution in [0, 0.1) is 41.4 Å². The maximum absolute atomic E-state index is 10.1. The van der Waals surface area contributed by atoms with Gasteiger partial charge < -0.3 is 19.3 Å². The van der Waals surface area contributed by atoms with E-state index < -0.39 is 0 Å². The summed E-state index contributed by atoms with van der Waals surface area (Å²) in [6.07, 6.45) is 17.4. The highest BCUT2D eigenvalue weighted by molar-refractivity contribution is 5.83. The van der Waals surface area contributed by atoms with Crippen molar-refractivity contribution >= 4 is 16.6 Å². The molecule has 8 rings (SSSR count). The number of hydrogen-bond acceptors (Lipinski definition) is 5. The molecule has 0 N–H and O–H groups in total. The van der Waals surface area contributed by atoms with Gasteiger partial charge in [-0.1, -0.05) is 213 Å². The molecule has 5 heteroatoms. The molecule has 0 bridgehead atoms. The highest BCUT2D eigenvalue weighted by Crippen LogP contribution is 2.29. The first-order valence-electron chi connectivity index (χ1n) is 30.4. The second-order valence-corrected chi connectivity index (χ2v) is 24.5. The van der Waals surface area contributed by atoms with Gasteiger partial charge in [-0.2, -0.15) is 0 Å². The summed E-state index contributed by atoms with van der Waals surface area (Å²) in [5, 5.41) is 2.67. The van der Waals surface area contributed by atoms with Gasteiger partial charge in [0.25, 0.3) is 0 Å². The number of ketones is 1. The second-order valence-electron chi connectivity index (χ2n) is 24.5. The van der Waals surface area contributed by atoms with Gasteiger partial charge >= 0.3 is 0 Å². The molecular formula is C70H118N2O3. The molecule has 0 atom stereocenters. The number of para-hydroxylation sites is 1. The Labute approximate surface area is 465 Å². The predicted molar refractivity (Wildman–Crippen MR) is 332 cm³/mol. The molecule has 4 fully saturated rings. The van der Waals surface area contributed by atoms with Crippen molar-refractivity contribution in [3.8, 4) is 5.75 Å². The minimum absolute atomic E-state index is 0.213. The fraction of sp³-hybridized carbons (Fsp3) is 0.671. The summed E-state index contributed by atoms with van der Waals surface area (Å²) < 4.78 is 10.7. The third-order valence-electron chi connectivity index (χ3n) is 15.5. The molecule has 0 amide bonds. The molecule has 3 saturated heterocycles. The van der Waals surface area contributed by atoms with Crippen LogP contribution < -0.4 is 4.74 Å². The number of benzene rings is 4. The van der Waals surface area contributed by atoms with E-state index in [1.165, 1.54) is 125 Å². The summed E-state index contributed by atoms with van der Waals surface area (Å²) in [6, 6.07) is 36.3. The molecular weight excluding hydrogens is 917 g/mol. The molecule has 3 heterocycles. The van der Waals surface area contributed by atoms with Crippen molar-refractivity contribution in [3.63, 3.8) is 0 Å². The Balaban J connectivity index is 0.000000432. The number of carbonyl (C=O) groups is 1. The van der Waals surface area contributed by atoms with Gasteiger partial charge in [0.15, 0.2) is 0 Å². The van der Waals surface area contributed by atoms with Gasteiger partial charge in [0.1, 0.15) is 11.5 Å². The number of rotatable bonds is 9. The molecule has 4 aromatic rings. The standard InChI is InChI=1S/C13H14.C9H19N.C9H12O.C9H18.C9H12.C8H17N.C8H16O.C5H10O/c1-10(2)12-8-7-11-5-3-4-6-13(11)9-12;1-8(2)9-4-6-10(3)7-5-9;1-8(2)10-9-6-4-3-5-7-9;3*1-8(2)9-6-4-3-5-7-9;1-7(2)8-3-5-9-6-4-8;1-4(2)5(3)6/h3-10H,1-2H3;8-9H,4-7H2,1-3H3;3-8H,1-2H3;8-9H,3-7H2,1-2H3;3-8H,1-2H3;8H,3-7H2,1-2H3;7-8H,3-6H2,1-2H3;4H,1-3H3. The van der Waals surface area contributed by atoms with E-state index in [0.717, 1.165) is 60.5 Å². The van der Waals surface area contributed by atoms with Crippen molar-refractivity contribution in [1.82, 2.24) is 9.80 Å². The molecule has 0 aromatic heterocycles. The van der Waals surface area contributed by atoms with Crippen LogP contribution in [-0.4, -0.2) is 74.2 Å². The number of fused-ring (bicyclic) bond motifs is 1. The zero-order valence-corrected chi connectivity index (χ0v) is 52.0. The number of likely N-dealkylation sites (tertiary alicyclic amines) is 2. The largest absolute Gasteiger partial charge is 0.491 e. The molecule has 1 aliphatic carbocycles. The molecule has 426 valence electrons. The molecule has 1 saturated carbocycles. The lowest BCUT2D eigenvalue weighted by atomic mass is 9.82. The van der Waals surface area contributed by atoms with Crippen LogP contribution in [0.3, 0.4) is 0 Å². The minimum Gasteiger partial charge on any atom is -0.491 e. The normalized spacial score (nSPS) is 16.7. The van der Waals surface area contributed by atoms with Gasteiger partial charge in [-0.05, 0) is 188 Å². The smallest absolute Gasteiger partial charge is 0.132 e. The Bertz CT molecular complexity index is 1860. The van der Waals surface area contributed by atoms with Crippen LogP contribution in [-0.2, 0) is 9.53 Å². The molecule has 0 unspecified atom stereocenters. The van der Waals surface area contributed by atoms with Gasteiger partial charge in [-0.3, -0.25) is 4.79 Å². The number of hydrogen-bond donors (Lipinski definition) is 0. The number of piperidine rings is 2. The van der Waals surface area contributed by atoms with Crippen molar-refractivity contribution in [2.45, 2.75) is 219 Å². The minimum atomic E-state index is 0.213. The van der Waals surface area contributed by atoms with E-state index in [4.69, 9.17) is 9.47 Å². The fourth-order valence-electron chi connectivity index (χ4n) is 9.49. The molecule has 4 aromatic carbocycles. The lowest BCUT2D eigenvalue weighted by Gasteiger charge is -2.31. The van der Waals surface area contributed by atoms with E-state index in [1.54, 1.807) is 6.92 Å². The lowest BCUT2D eigenvalue weighted by molar-refractivity contribution is -0.119. The monoisotopic (exact) mass is 1030 g/mol. The maximum atomic E-state index is 10.1. The van der Waals surface area contributed by atoms with E-state index in [0.29, 0.717) is 11.8 Å². The second kappa shape index (κ2) is 41.6. The van der Waals surface area contributed by atoms with Crippen molar-refractivity contribution in [2.24, 2.45) is 41.4 Å². The summed E-state index contributed by atoms with van der Waals surface area (Å²) in [4.78, 5) is 15.1. The van der Waals surface area contributed by atoms with Crippen molar-refractivity contribution < 1.29 is 14.3 Å². The highest BCUT2D eigenvalue weighted by atomic mass is 16.5. The molecule has 0 spiro atoms. The van der Waals surface area contributed by atoms with Crippen molar-refractivity contribution in [1.29, 1.82) is 0 Å². The zero-order valence-electron chi connectivity index (χ0n) is 52.0. The molecule has 3 aliphatic heterocycles. The Kier molecular flexibility index (Phi) is 38.5. The van der Waals surface area contributed by atoms with E-state index in [9.17, 15) is 4.79 Å². The molecule has 0 radical (unpaired) electrons. The lowest BCUT2D eigenvalue weighted by Crippen LogP contribution is -2.35. The van der Waals surface area contributed by atoms with Crippen LogP contribution in [0.2, 0.25) is 0 Å². The Morgan fingerprint density at radius 2 is 0.907 bits per heavy atom. The van der Waals surface area contributed by atoms with Gasteiger partial charge in [0, 0.05) is 25.2 Å². The van der Waals surface area contributed by atoms with E-state index >= 15 is 0 Å². The first kappa shape index (κ1) is 69.5. The zero-order chi connectivity index (χ0) is 56.1. The Morgan fingerprint density at radius 3 is 1.29 bits per heavy atom. The Hall–Kier alpha value is -3.51. The number of ether oxygens (including phenoxy) is 2. The quantitative estimate of drug-likeness (QED) is 0.167. The summed E-state index contributed by atoms with van der Waals surface area (Å²) in [6.45, 7) is 44.1. The SMILES string of the molecule is CC(=O)C(C)C.CC(C)C1CCCCC1.CC(C)C1CCN(C)CC1.CC(C)C1CCOCC1.CC(C)N1CCCCC1.CC(C)Oc1ccccc1.CC(C)c1ccc2ccccc2c1.CC(C)c1ccccc1. The fourth-order valence-corrected chi connectivity index (χ4v) is 9.49. The highest BCUT2D eigenvalue weighted by Gasteiger charge is 2.19. The van der Waals surface area contributed by atoms with Crippen molar-refractivity contribution in [3.05, 3.63) is 114 Å². The Morgan fingerprint density at radius 1 is 0.480 bits per heavy atom. The van der Waals surface area contributed by atoms with Gasteiger partial charge in [0.2, 0.25) is 0 Å². The summed E-state index contributed by atoms with van der Waals surface area (Å²) >= 11 is 0. The first-order valence-corrected chi connectivity index (χ1v) is 30.4. The number of Topliss-reactive ketones (excluding diaryl/α,β-unsaturated/α-hetero) is 1. The van der Waals surface area contributed by atoms with Crippen LogP contribution in [0.4, 0.5) is 0 Å². The third-order valence-corrected chi connectivity index (χ3v) is 15.5. The number of carbonyl (C=O) groups excluding carboxylic acids is 1. The average molecular weight is 1040 g/mol. The molecule has 75 heavy (non-hydrogen) atoms. The summed E-state index contributed by atoms with van der Waals surface area (Å²) in [7, 11) is 2.22.